The van der Waals surface area contributed by atoms with Crippen molar-refractivity contribution in [1.82, 2.24) is 9.78 Å². The summed E-state index contributed by atoms with van der Waals surface area (Å²) in [5.41, 5.74) is 2.06. The van der Waals surface area contributed by atoms with Crippen LogP contribution in [0.1, 0.15) is 15.9 Å². The Morgan fingerprint density at radius 3 is 2.65 bits per heavy atom. The molecule has 0 spiro atoms. The molecule has 1 heterocycles. The molecule has 0 saturated carbocycles. The molecule has 130 valence electrons. The molecular formula is C19H14FN3O3. The Labute approximate surface area is 148 Å². The molecule has 0 radical (unpaired) electrons. The molecule has 0 aliphatic heterocycles. The lowest BCUT2D eigenvalue weighted by Gasteiger charge is -2.06. The number of carboxylic acid groups (broad SMARTS) is 1. The van der Waals surface area contributed by atoms with Crippen LogP contribution in [0.5, 0.6) is 0 Å². The summed E-state index contributed by atoms with van der Waals surface area (Å²) < 4.78 is 19.9. The topological polar surface area (TPSA) is 88.1 Å². The Morgan fingerprint density at radius 1 is 1.31 bits per heavy atom. The predicted molar refractivity (Wildman–Crippen MR) is 91.7 cm³/mol. The highest BCUT2D eigenvalue weighted by molar-refractivity contribution is 5.97. The van der Waals surface area contributed by atoms with E-state index in [0.29, 0.717) is 17.0 Å². The Balaban J connectivity index is 2.22. The van der Waals surface area contributed by atoms with Crippen molar-refractivity contribution in [3.05, 3.63) is 65.5 Å². The van der Waals surface area contributed by atoms with Crippen LogP contribution in [-0.4, -0.2) is 28.0 Å². The molecule has 0 bridgehead atoms. The summed E-state index contributed by atoms with van der Waals surface area (Å²) >= 11 is 0. The average molecular weight is 351 g/mol. The van der Waals surface area contributed by atoms with Gasteiger partial charge in [0.1, 0.15) is 12.5 Å². The van der Waals surface area contributed by atoms with Gasteiger partial charge in [-0.25, -0.2) is 13.9 Å². The van der Waals surface area contributed by atoms with Gasteiger partial charge in [0.2, 0.25) is 0 Å². The standard InChI is InChI=1S/C19H14FN3O3/c1-26-11-23-17(12-5-7-14(20)8-6-12)9-16(22-23)18-13(10-21)3-2-4-15(18)19(24)25/h2-9H,11H2,1H3,(H,24,25). The summed E-state index contributed by atoms with van der Waals surface area (Å²) in [5, 5.41) is 23.2. The fraction of sp³-hybridized carbons (Fsp3) is 0.105. The number of nitriles is 1. The Hall–Kier alpha value is -3.50. The second-order valence-corrected chi connectivity index (χ2v) is 5.48. The second-order valence-electron chi connectivity index (χ2n) is 5.48. The summed E-state index contributed by atoms with van der Waals surface area (Å²) in [6, 6.07) is 14.0. The van der Waals surface area contributed by atoms with Crippen molar-refractivity contribution in [1.29, 1.82) is 5.26 Å². The molecule has 1 N–H and O–H groups in total. The highest BCUT2D eigenvalue weighted by Crippen LogP contribution is 2.31. The number of carbonyl (C=O) groups is 1. The molecule has 0 amide bonds. The molecular weight excluding hydrogens is 337 g/mol. The van der Waals surface area contributed by atoms with E-state index in [1.807, 2.05) is 6.07 Å². The van der Waals surface area contributed by atoms with Gasteiger partial charge < -0.3 is 9.84 Å². The maximum atomic E-state index is 13.2. The number of aromatic nitrogens is 2. The number of carboxylic acids is 1. The maximum absolute atomic E-state index is 13.2. The molecule has 1 aromatic heterocycles. The Bertz CT molecular complexity index is 1000. The second kappa shape index (κ2) is 7.17. The van der Waals surface area contributed by atoms with Gasteiger partial charge in [-0.05, 0) is 42.5 Å². The fourth-order valence-corrected chi connectivity index (χ4v) is 2.71. The molecule has 3 aromatic rings. The Morgan fingerprint density at radius 2 is 2.04 bits per heavy atom. The van der Waals surface area contributed by atoms with Crippen LogP contribution in [0.2, 0.25) is 0 Å². The van der Waals surface area contributed by atoms with Gasteiger partial charge in [0.05, 0.1) is 28.6 Å². The number of methoxy groups -OCH3 is 1. The first-order valence-corrected chi connectivity index (χ1v) is 7.64. The lowest BCUT2D eigenvalue weighted by atomic mass is 9.98. The van der Waals surface area contributed by atoms with Gasteiger partial charge in [0.15, 0.2) is 0 Å². The van der Waals surface area contributed by atoms with E-state index in [-0.39, 0.29) is 29.2 Å². The number of aromatic carboxylic acids is 1. The zero-order valence-electron chi connectivity index (χ0n) is 13.8. The van der Waals surface area contributed by atoms with Gasteiger partial charge in [-0.2, -0.15) is 10.4 Å². The quantitative estimate of drug-likeness (QED) is 0.760. The highest BCUT2D eigenvalue weighted by Gasteiger charge is 2.20. The first-order valence-electron chi connectivity index (χ1n) is 7.64. The SMILES string of the molecule is COCn1nc(-c2c(C#N)cccc2C(=O)O)cc1-c1ccc(F)cc1. The minimum atomic E-state index is -1.15. The fourth-order valence-electron chi connectivity index (χ4n) is 2.71. The van der Waals surface area contributed by atoms with E-state index in [1.54, 1.807) is 18.2 Å². The Kier molecular flexibility index (Phi) is 4.78. The van der Waals surface area contributed by atoms with Crippen LogP contribution in [0.4, 0.5) is 4.39 Å². The molecule has 0 aliphatic carbocycles. The molecule has 6 nitrogen and oxygen atoms in total. The average Bonchev–Trinajstić information content (AvgIpc) is 3.05. The van der Waals surface area contributed by atoms with E-state index in [0.717, 1.165) is 0 Å². The largest absolute Gasteiger partial charge is 0.478 e. The van der Waals surface area contributed by atoms with E-state index >= 15 is 0 Å². The van der Waals surface area contributed by atoms with E-state index in [9.17, 15) is 19.6 Å². The van der Waals surface area contributed by atoms with Crippen LogP contribution in [0.15, 0.2) is 48.5 Å². The summed E-state index contributed by atoms with van der Waals surface area (Å²) in [6.45, 7) is 0.115. The summed E-state index contributed by atoms with van der Waals surface area (Å²) in [7, 11) is 1.50. The summed E-state index contributed by atoms with van der Waals surface area (Å²) in [5.74, 6) is -1.52. The minimum absolute atomic E-state index is 0.0169. The van der Waals surface area contributed by atoms with Crippen molar-refractivity contribution in [2.45, 2.75) is 6.73 Å². The summed E-state index contributed by atoms with van der Waals surface area (Å²) in [4.78, 5) is 11.6. The number of ether oxygens (including phenoxy) is 1. The van der Waals surface area contributed by atoms with E-state index in [1.165, 1.54) is 42.1 Å². The number of halogens is 1. The van der Waals surface area contributed by atoms with E-state index < -0.39 is 5.97 Å². The first-order chi connectivity index (χ1) is 12.5. The first kappa shape index (κ1) is 17.3. The molecule has 0 unspecified atom stereocenters. The molecule has 0 saturated heterocycles. The molecule has 26 heavy (non-hydrogen) atoms. The smallest absolute Gasteiger partial charge is 0.336 e. The van der Waals surface area contributed by atoms with E-state index in [4.69, 9.17) is 4.74 Å². The van der Waals surface area contributed by atoms with Crippen LogP contribution >= 0.6 is 0 Å². The number of nitrogens with zero attached hydrogens (tertiary/aromatic N) is 3. The van der Waals surface area contributed by atoms with Crippen LogP contribution in [0, 0.1) is 17.1 Å². The van der Waals surface area contributed by atoms with Crippen LogP contribution in [0.3, 0.4) is 0 Å². The van der Waals surface area contributed by atoms with Gasteiger partial charge >= 0.3 is 5.97 Å². The number of rotatable bonds is 5. The van der Waals surface area contributed by atoms with Gasteiger partial charge in [-0.15, -0.1) is 0 Å². The molecule has 7 heteroatoms. The number of benzene rings is 2. The van der Waals surface area contributed by atoms with Gasteiger partial charge in [-0.1, -0.05) is 6.07 Å². The molecule has 0 atom stereocenters. The molecule has 0 fully saturated rings. The number of hydrogen-bond donors (Lipinski definition) is 1. The molecule has 2 aromatic carbocycles. The van der Waals surface area contributed by atoms with Gasteiger partial charge in [0.25, 0.3) is 0 Å². The van der Waals surface area contributed by atoms with Crippen molar-refractivity contribution in [2.75, 3.05) is 7.11 Å². The number of hydrogen-bond acceptors (Lipinski definition) is 4. The summed E-state index contributed by atoms with van der Waals surface area (Å²) in [6.07, 6.45) is 0. The lowest BCUT2D eigenvalue weighted by molar-refractivity contribution is 0.0697. The van der Waals surface area contributed by atoms with Gasteiger partial charge in [0, 0.05) is 18.2 Å². The third-order valence-electron chi connectivity index (χ3n) is 3.84. The normalized spacial score (nSPS) is 10.5. The van der Waals surface area contributed by atoms with Crippen molar-refractivity contribution >= 4 is 5.97 Å². The molecule has 3 rings (SSSR count). The van der Waals surface area contributed by atoms with Crippen LogP contribution < -0.4 is 0 Å². The zero-order valence-corrected chi connectivity index (χ0v) is 13.8. The highest BCUT2D eigenvalue weighted by atomic mass is 19.1. The van der Waals surface area contributed by atoms with Crippen molar-refractivity contribution < 1.29 is 19.0 Å². The van der Waals surface area contributed by atoms with E-state index in [2.05, 4.69) is 5.10 Å². The zero-order chi connectivity index (χ0) is 18.7. The predicted octanol–water partition coefficient (Wildman–Crippen LogP) is 3.53. The van der Waals surface area contributed by atoms with Crippen molar-refractivity contribution in [2.24, 2.45) is 0 Å². The third kappa shape index (κ3) is 3.18. The van der Waals surface area contributed by atoms with Crippen molar-refractivity contribution in [3.8, 4) is 28.6 Å². The monoisotopic (exact) mass is 351 g/mol. The maximum Gasteiger partial charge on any atom is 0.336 e. The van der Waals surface area contributed by atoms with Gasteiger partial charge in [-0.3, -0.25) is 0 Å². The van der Waals surface area contributed by atoms with Crippen LogP contribution in [-0.2, 0) is 11.5 Å². The van der Waals surface area contributed by atoms with Crippen LogP contribution in [0.25, 0.3) is 22.5 Å². The van der Waals surface area contributed by atoms with Crippen molar-refractivity contribution in [3.63, 3.8) is 0 Å². The third-order valence-corrected chi connectivity index (χ3v) is 3.84. The minimum Gasteiger partial charge on any atom is -0.478 e. The molecule has 0 aliphatic rings. The lowest BCUT2D eigenvalue weighted by Crippen LogP contribution is -2.05.